The molecule has 0 unspecified atom stereocenters. The highest BCUT2D eigenvalue weighted by Crippen LogP contribution is 2.41. The van der Waals surface area contributed by atoms with Crippen molar-refractivity contribution < 1.29 is 22.7 Å². The molecule has 0 aliphatic carbocycles. The molecule has 0 saturated carbocycles. The number of fused-ring (bicyclic) bond motifs is 1. The fourth-order valence-corrected chi connectivity index (χ4v) is 4.43. The maximum atomic E-state index is 12.9. The van der Waals surface area contributed by atoms with Gasteiger partial charge in [0.2, 0.25) is 15.9 Å². The molecule has 3 rings (SSSR count). The lowest BCUT2D eigenvalue weighted by atomic mass is 9.89. The average molecular weight is 433 g/mol. The molecule has 2 aromatic carbocycles. The van der Waals surface area contributed by atoms with Crippen LogP contribution in [0.2, 0.25) is 0 Å². The number of ether oxygens (including phenoxy) is 2. The molecule has 0 saturated heterocycles. The topological polar surface area (TPSA) is 84.9 Å². The number of hydrogen-bond acceptors (Lipinski definition) is 5. The van der Waals surface area contributed by atoms with Gasteiger partial charge in [0.15, 0.2) is 0 Å². The molecule has 8 heteroatoms. The molecule has 1 N–H and O–H groups in total. The first-order chi connectivity index (χ1) is 14.0. The molecule has 1 amide bonds. The molecule has 0 radical (unpaired) electrons. The monoisotopic (exact) mass is 432 g/mol. The molecule has 1 aliphatic heterocycles. The fraction of sp³-hybridized carbons (Fsp3) is 0.409. The summed E-state index contributed by atoms with van der Waals surface area (Å²) in [6.45, 7) is 5.52. The predicted molar refractivity (Wildman–Crippen MR) is 117 cm³/mol. The lowest BCUT2D eigenvalue weighted by molar-refractivity contribution is -0.120. The molecule has 0 spiro atoms. The Kier molecular flexibility index (Phi) is 5.99. The van der Waals surface area contributed by atoms with Crippen molar-refractivity contribution in [3.05, 3.63) is 53.6 Å². The summed E-state index contributed by atoms with van der Waals surface area (Å²) in [5.74, 6) is 0.946. The van der Waals surface area contributed by atoms with E-state index in [1.54, 1.807) is 19.2 Å². The van der Waals surface area contributed by atoms with E-state index in [0.717, 1.165) is 21.7 Å². The third-order valence-corrected chi connectivity index (χ3v) is 6.16. The third kappa shape index (κ3) is 5.05. The first-order valence-electron chi connectivity index (χ1n) is 9.69. The van der Waals surface area contributed by atoms with Gasteiger partial charge < -0.3 is 14.8 Å². The Morgan fingerprint density at radius 2 is 1.90 bits per heavy atom. The molecular formula is C22H28N2O5S. The number of nitrogens with one attached hydrogen (secondary N) is 1. The molecule has 30 heavy (non-hydrogen) atoms. The maximum Gasteiger partial charge on any atom is 0.241 e. The zero-order chi connectivity index (χ0) is 22.1. The zero-order valence-electron chi connectivity index (χ0n) is 17.9. The van der Waals surface area contributed by atoms with Crippen molar-refractivity contribution in [1.29, 1.82) is 0 Å². The maximum absolute atomic E-state index is 12.9. The molecule has 0 fully saturated rings. The minimum atomic E-state index is -3.63. The summed E-state index contributed by atoms with van der Waals surface area (Å²) in [6, 6.07) is 12.2. The summed E-state index contributed by atoms with van der Waals surface area (Å²) in [7, 11) is -2.06. The van der Waals surface area contributed by atoms with Gasteiger partial charge in [-0.05, 0) is 51.1 Å². The van der Waals surface area contributed by atoms with E-state index in [-0.39, 0.29) is 12.6 Å². The van der Waals surface area contributed by atoms with E-state index < -0.39 is 21.5 Å². The van der Waals surface area contributed by atoms with Crippen molar-refractivity contribution in [3.8, 4) is 11.5 Å². The van der Waals surface area contributed by atoms with Crippen molar-refractivity contribution in [1.82, 2.24) is 5.32 Å². The summed E-state index contributed by atoms with van der Waals surface area (Å²) in [6.07, 6.45) is 1.64. The Labute approximate surface area is 178 Å². The summed E-state index contributed by atoms with van der Waals surface area (Å²) >= 11 is 0. The zero-order valence-corrected chi connectivity index (χ0v) is 18.7. The lowest BCUT2D eigenvalue weighted by Gasteiger charge is -2.38. The number of carbonyl (C=O) groups excluding carboxylic acids is 1. The molecule has 1 heterocycles. The van der Waals surface area contributed by atoms with E-state index in [0.29, 0.717) is 23.6 Å². The second-order valence-corrected chi connectivity index (χ2v) is 10.1. The van der Waals surface area contributed by atoms with E-state index in [1.165, 1.54) is 0 Å². The van der Waals surface area contributed by atoms with Gasteiger partial charge in [-0.1, -0.05) is 17.7 Å². The van der Waals surface area contributed by atoms with Crippen LogP contribution in [0.1, 0.15) is 37.4 Å². The van der Waals surface area contributed by atoms with Crippen LogP contribution >= 0.6 is 0 Å². The van der Waals surface area contributed by atoms with Gasteiger partial charge in [0, 0.05) is 12.0 Å². The summed E-state index contributed by atoms with van der Waals surface area (Å²) in [5.41, 5.74) is 1.79. The van der Waals surface area contributed by atoms with Crippen molar-refractivity contribution in [2.24, 2.45) is 0 Å². The number of aryl methyl sites for hydroxylation is 1. The number of amides is 1. The van der Waals surface area contributed by atoms with Crippen LogP contribution < -0.4 is 19.1 Å². The van der Waals surface area contributed by atoms with E-state index in [9.17, 15) is 13.2 Å². The molecule has 0 bridgehead atoms. The summed E-state index contributed by atoms with van der Waals surface area (Å²) < 4.78 is 37.1. The van der Waals surface area contributed by atoms with E-state index in [4.69, 9.17) is 9.47 Å². The Bertz CT molecular complexity index is 1030. The lowest BCUT2D eigenvalue weighted by Crippen LogP contribution is -2.45. The van der Waals surface area contributed by atoms with Crippen molar-refractivity contribution in [2.75, 3.05) is 24.2 Å². The van der Waals surface area contributed by atoms with Crippen LogP contribution in [-0.2, 0) is 14.8 Å². The number of hydrogen-bond donors (Lipinski definition) is 1. The number of rotatable bonds is 6. The molecule has 2 aromatic rings. The number of anilines is 1. The van der Waals surface area contributed by atoms with Crippen LogP contribution in [0.3, 0.4) is 0 Å². The second-order valence-electron chi connectivity index (χ2n) is 8.19. The van der Waals surface area contributed by atoms with Gasteiger partial charge in [0.1, 0.15) is 23.6 Å². The highest BCUT2D eigenvalue weighted by atomic mass is 32.2. The molecule has 0 aromatic heterocycles. The number of methoxy groups -OCH3 is 1. The SMILES string of the molecule is COc1ccc2c(c1)[C@@H](NC(=O)CN(c1ccc(C)cc1)S(C)(=O)=O)CC(C)(C)O2. The van der Waals surface area contributed by atoms with E-state index >= 15 is 0 Å². The Morgan fingerprint density at radius 1 is 1.23 bits per heavy atom. The quantitative estimate of drug-likeness (QED) is 0.758. The summed E-state index contributed by atoms with van der Waals surface area (Å²) in [4.78, 5) is 12.9. The third-order valence-electron chi connectivity index (χ3n) is 5.02. The second kappa shape index (κ2) is 8.18. The number of nitrogens with zero attached hydrogens (tertiary/aromatic N) is 1. The Balaban J connectivity index is 1.84. The van der Waals surface area contributed by atoms with Crippen LogP contribution in [0.25, 0.3) is 0 Å². The molecule has 1 atom stereocenters. The first kappa shape index (κ1) is 22.0. The number of sulfonamides is 1. The van der Waals surface area contributed by atoms with Gasteiger partial charge in [-0.25, -0.2) is 8.42 Å². The predicted octanol–water partition coefficient (Wildman–Crippen LogP) is 3.19. The molecule has 7 nitrogen and oxygen atoms in total. The van der Waals surface area contributed by atoms with E-state index in [2.05, 4.69) is 5.32 Å². The van der Waals surface area contributed by atoms with Crippen molar-refractivity contribution >= 4 is 21.6 Å². The number of benzene rings is 2. The smallest absolute Gasteiger partial charge is 0.241 e. The minimum absolute atomic E-state index is 0.307. The minimum Gasteiger partial charge on any atom is -0.497 e. The highest BCUT2D eigenvalue weighted by molar-refractivity contribution is 7.92. The van der Waals surface area contributed by atoms with Crippen LogP contribution in [-0.4, -0.2) is 39.8 Å². The Hall–Kier alpha value is -2.74. The molecular weight excluding hydrogens is 404 g/mol. The van der Waals surface area contributed by atoms with Gasteiger partial charge in [-0.3, -0.25) is 9.10 Å². The standard InChI is InChI=1S/C22H28N2O5S/c1-15-6-8-16(9-7-15)24(30(5,26)27)14-21(25)23-19-13-22(2,3)29-20-11-10-17(28-4)12-18(19)20/h6-12,19H,13-14H2,1-5H3,(H,23,25)/t19-/m0/s1. The van der Waals surface area contributed by atoms with Crippen LogP contribution in [0.5, 0.6) is 11.5 Å². The van der Waals surface area contributed by atoms with Gasteiger partial charge in [-0.15, -0.1) is 0 Å². The van der Waals surface area contributed by atoms with Gasteiger partial charge in [0.05, 0.1) is 25.1 Å². The Morgan fingerprint density at radius 3 is 2.50 bits per heavy atom. The summed E-state index contributed by atoms with van der Waals surface area (Å²) in [5, 5.41) is 2.99. The van der Waals surface area contributed by atoms with Crippen molar-refractivity contribution in [2.45, 2.75) is 38.8 Å². The first-order valence-corrected chi connectivity index (χ1v) is 11.5. The normalized spacial score (nSPS) is 17.4. The average Bonchev–Trinajstić information content (AvgIpc) is 2.65. The van der Waals surface area contributed by atoms with Gasteiger partial charge in [-0.2, -0.15) is 0 Å². The fourth-order valence-electron chi connectivity index (χ4n) is 3.57. The van der Waals surface area contributed by atoms with E-state index in [1.807, 2.05) is 51.1 Å². The molecule has 162 valence electrons. The van der Waals surface area contributed by atoms with Gasteiger partial charge in [0.25, 0.3) is 0 Å². The van der Waals surface area contributed by atoms with Gasteiger partial charge >= 0.3 is 0 Å². The largest absolute Gasteiger partial charge is 0.497 e. The van der Waals surface area contributed by atoms with Crippen molar-refractivity contribution in [3.63, 3.8) is 0 Å². The molecule has 1 aliphatic rings. The highest BCUT2D eigenvalue weighted by Gasteiger charge is 2.35. The number of carbonyl (C=O) groups is 1. The van der Waals surface area contributed by atoms with Crippen LogP contribution in [0.4, 0.5) is 5.69 Å². The van der Waals surface area contributed by atoms with Crippen LogP contribution in [0.15, 0.2) is 42.5 Å². The van der Waals surface area contributed by atoms with Crippen LogP contribution in [0, 0.1) is 6.92 Å².